The van der Waals surface area contributed by atoms with Crippen LogP contribution in [0, 0.1) is 20.8 Å². The summed E-state index contributed by atoms with van der Waals surface area (Å²) in [6.45, 7) is 5.97. The van der Waals surface area contributed by atoms with Crippen molar-refractivity contribution in [2.24, 2.45) is 7.05 Å². The van der Waals surface area contributed by atoms with E-state index in [1.165, 1.54) is 5.56 Å². The van der Waals surface area contributed by atoms with E-state index in [9.17, 15) is 4.79 Å². The van der Waals surface area contributed by atoms with E-state index in [1.54, 1.807) is 4.68 Å². The number of carbonyl (C=O) groups is 1. The van der Waals surface area contributed by atoms with Crippen LogP contribution in [0.1, 0.15) is 22.5 Å². The summed E-state index contributed by atoms with van der Waals surface area (Å²) >= 11 is 0. The van der Waals surface area contributed by atoms with Crippen molar-refractivity contribution in [1.29, 1.82) is 0 Å². The highest BCUT2D eigenvalue weighted by Crippen LogP contribution is 2.18. The number of aryl methyl sites for hydroxylation is 3. The lowest BCUT2D eigenvalue weighted by Gasteiger charge is -2.10. The number of amides is 1. The highest BCUT2D eigenvalue weighted by atomic mass is 16.1. The summed E-state index contributed by atoms with van der Waals surface area (Å²) in [6.07, 6.45) is 0.338. The van der Waals surface area contributed by atoms with E-state index in [0.717, 1.165) is 22.6 Å². The van der Waals surface area contributed by atoms with Crippen LogP contribution in [0.3, 0.4) is 0 Å². The van der Waals surface area contributed by atoms with Gasteiger partial charge in [-0.05, 0) is 44.0 Å². The van der Waals surface area contributed by atoms with Gasteiger partial charge in [0.1, 0.15) is 0 Å². The van der Waals surface area contributed by atoms with E-state index in [4.69, 9.17) is 0 Å². The monoisotopic (exact) mass is 257 g/mol. The number of hydrogen-bond acceptors (Lipinski definition) is 2. The van der Waals surface area contributed by atoms with Crippen LogP contribution in [0.2, 0.25) is 0 Å². The molecule has 0 bridgehead atoms. The molecule has 1 aromatic heterocycles. The minimum atomic E-state index is -0.0169. The zero-order valence-electron chi connectivity index (χ0n) is 11.8. The third-order valence-electron chi connectivity index (χ3n) is 3.32. The van der Waals surface area contributed by atoms with Crippen LogP contribution in [0.5, 0.6) is 0 Å². The maximum atomic E-state index is 12.1. The Morgan fingerprint density at radius 2 is 2.05 bits per heavy atom. The molecular weight excluding hydrogens is 238 g/mol. The molecular formula is C15H19N3O. The molecule has 4 nitrogen and oxygen atoms in total. The summed E-state index contributed by atoms with van der Waals surface area (Å²) in [6, 6.07) is 7.85. The number of rotatable bonds is 3. The number of carbonyl (C=O) groups excluding carboxylic acids is 1. The van der Waals surface area contributed by atoms with Crippen molar-refractivity contribution >= 4 is 11.6 Å². The Balaban J connectivity index is 2.10. The van der Waals surface area contributed by atoms with Gasteiger partial charge < -0.3 is 5.32 Å². The maximum absolute atomic E-state index is 12.1. The highest BCUT2D eigenvalue weighted by molar-refractivity contribution is 5.92. The molecule has 0 radical (unpaired) electrons. The molecule has 19 heavy (non-hydrogen) atoms. The molecule has 0 aliphatic rings. The highest BCUT2D eigenvalue weighted by Gasteiger charge is 2.10. The molecule has 0 saturated heterocycles. The predicted molar refractivity (Wildman–Crippen MR) is 76.2 cm³/mol. The van der Waals surface area contributed by atoms with Crippen molar-refractivity contribution in [3.05, 3.63) is 46.8 Å². The van der Waals surface area contributed by atoms with E-state index < -0.39 is 0 Å². The van der Waals surface area contributed by atoms with Crippen molar-refractivity contribution in [3.8, 4) is 0 Å². The lowest BCUT2D eigenvalue weighted by atomic mass is 10.1. The maximum Gasteiger partial charge on any atom is 0.230 e. The zero-order chi connectivity index (χ0) is 14.0. The van der Waals surface area contributed by atoms with Crippen LogP contribution in [-0.4, -0.2) is 15.7 Å². The number of nitrogens with one attached hydrogen (secondary N) is 1. The first-order valence-corrected chi connectivity index (χ1v) is 6.33. The quantitative estimate of drug-likeness (QED) is 0.918. The van der Waals surface area contributed by atoms with E-state index in [1.807, 2.05) is 52.1 Å². The third-order valence-corrected chi connectivity index (χ3v) is 3.32. The summed E-state index contributed by atoms with van der Waals surface area (Å²) in [5.41, 5.74) is 5.01. The molecule has 1 aromatic carbocycles. The van der Waals surface area contributed by atoms with Gasteiger partial charge in [-0.25, -0.2) is 0 Å². The fourth-order valence-electron chi connectivity index (χ4n) is 2.08. The average Bonchev–Trinajstić information content (AvgIpc) is 2.64. The SMILES string of the molecule is Cc1cc(CC(=O)Nc2cccc(C)c2C)n(C)n1. The van der Waals surface area contributed by atoms with Gasteiger partial charge in [-0.2, -0.15) is 5.10 Å². The summed E-state index contributed by atoms with van der Waals surface area (Å²) < 4.78 is 1.75. The second-order valence-electron chi connectivity index (χ2n) is 4.87. The summed E-state index contributed by atoms with van der Waals surface area (Å²) in [5, 5.41) is 7.20. The van der Waals surface area contributed by atoms with Crippen molar-refractivity contribution in [2.75, 3.05) is 5.32 Å². The minimum Gasteiger partial charge on any atom is -0.326 e. The molecule has 100 valence electrons. The Morgan fingerprint density at radius 1 is 1.32 bits per heavy atom. The van der Waals surface area contributed by atoms with Crippen LogP contribution in [-0.2, 0) is 18.3 Å². The molecule has 1 amide bonds. The third kappa shape index (κ3) is 3.02. The molecule has 0 unspecified atom stereocenters. The number of hydrogen-bond donors (Lipinski definition) is 1. The van der Waals surface area contributed by atoms with Gasteiger partial charge in [0.2, 0.25) is 5.91 Å². The Labute approximate surface area is 113 Å². The van der Waals surface area contributed by atoms with E-state index in [2.05, 4.69) is 10.4 Å². The van der Waals surface area contributed by atoms with Crippen LogP contribution in [0.15, 0.2) is 24.3 Å². The molecule has 2 aromatic rings. The normalized spacial score (nSPS) is 10.5. The Bertz CT molecular complexity index is 614. The fraction of sp³-hybridized carbons (Fsp3) is 0.333. The predicted octanol–water partition coefficient (Wildman–Crippen LogP) is 2.53. The Kier molecular flexibility index (Phi) is 3.69. The fourth-order valence-corrected chi connectivity index (χ4v) is 2.08. The molecule has 0 aliphatic carbocycles. The Morgan fingerprint density at radius 3 is 2.68 bits per heavy atom. The standard InChI is InChI=1S/C15H19N3O/c1-10-6-5-7-14(12(10)3)16-15(19)9-13-8-11(2)17-18(13)4/h5-8H,9H2,1-4H3,(H,16,19). The first-order chi connectivity index (χ1) is 8.97. The zero-order valence-corrected chi connectivity index (χ0v) is 11.8. The van der Waals surface area contributed by atoms with Gasteiger partial charge in [0.05, 0.1) is 12.1 Å². The average molecular weight is 257 g/mol. The largest absolute Gasteiger partial charge is 0.326 e. The van der Waals surface area contributed by atoms with E-state index >= 15 is 0 Å². The van der Waals surface area contributed by atoms with E-state index in [0.29, 0.717) is 6.42 Å². The molecule has 0 fully saturated rings. The summed E-state index contributed by atoms with van der Waals surface area (Å²) in [7, 11) is 1.85. The second-order valence-corrected chi connectivity index (χ2v) is 4.87. The number of nitrogens with zero attached hydrogens (tertiary/aromatic N) is 2. The van der Waals surface area contributed by atoms with Crippen molar-refractivity contribution < 1.29 is 4.79 Å². The molecule has 0 atom stereocenters. The van der Waals surface area contributed by atoms with Crippen molar-refractivity contribution in [2.45, 2.75) is 27.2 Å². The smallest absolute Gasteiger partial charge is 0.230 e. The summed E-state index contributed by atoms with van der Waals surface area (Å²) in [5.74, 6) is -0.0169. The summed E-state index contributed by atoms with van der Waals surface area (Å²) in [4.78, 5) is 12.1. The van der Waals surface area contributed by atoms with Crippen molar-refractivity contribution in [1.82, 2.24) is 9.78 Å². The lowest BCUT2D eigenvalue weighted by molar-refractivity contribution is -0.115. The number of aromatic nitrogens is 2. The molecule has 4 heteroatoms. The van der Waals surface area contributed by atoms with E-state index in [-0.39, 0.29) is 5.91 Å². The van der Waals surface area contributed by atoms with Crippen LogP contribution < -0.4 is 5.32 Å². The Hall–Kier alpha value is -2.10. The van der Waals surface area contributed by atoms with Gasteiger partial charge in [0.25, 0.3) is 0 Å². The molecule has 2 rings (SSSR count). The van der Waals surface area contributed by atoms with Gasteiger partial charge in [-0.1, -0.05) is 12.1 Å². The van der Waals surface area contributed by atoms with Crippen LogP contribution in [0.25, 0.3) is 0 Å². The van der Waals surface area contributed by atoms with Gasteiger partial charge in [0, 0.05) is 18.4 Å². The molecule has 1 N–H and O–H groups in total. The minimum absolute atomic E-state index is 0.0169. The van der Waals surface area contributed by atoms with Crippen LogP contribution in [0.4, 0.5) is 5.69 Å². The first-order valence-electron chi connectivity index (χ1n) is 6.33. The molecule has 0 saturated carbocycles. The van der Waals surface area contributed by atoms with Crippen LogP contribution >= 0.6 is 0 Å². The number of benzene rings is 1. The first kappa shape index (κ1) is 13.3. The van der Waals surface area contributed by atoms with Gasteiger partial charge in [-0.15, -0.1) is 0 Å². The second kappa shape index (κ2) is 5.26. The van der Waals surface area contributed by atoms with Gasteiger partial charge in [-0.3, -0.25) is 9.48 Å². The van der Waals surface area contributed by atoms with Gasteiger partial charge in [0.15, 0.2) is 0 Å². The topological polar surface area (TPSA) is 46.9 Å². The van der Waals surface area contributed by atoms with Crippen molar-refractivity contribution in [3.63, 3.8) is 0 Å². The van der Waals surface area contributed by atoms with Gasteiger partial charge >= 0.3 is 0 Å². The molecule has 1 heterocycles. The number of anilines is 1. The molecule has 0 aliphatic heterocycles. The lowest BCUT2D eigenvalue weighted by Crippen LogP contribution is -2.17. The molecule has 0 spiro atoms.